The van der Waals surface area contributed by atoms with Crippen molar-refractivity contribution in [3.05, 3.63) is 63.4 Å². The van der Waals surface area contributed by atoms with Crippen molar-refractivity contribution in [1.29, 1.82) is 0 Å². The van der Waals surface area contributed by atoms with Gasteiger partial charge in [0.1, 0.15) is 0 Å². The van der Waals surface area contributed by atoms with Gasteiger partial charge in [0.2, 0.25) is 6.79 Å². The van der Waals surface area contributed by atoms with E-state index in [1.165, 1.54) is 20.1 Å². The highest BCUT2D eigenvalue weighted by Crippen LogP contribution is 2.35. The molecule has 22 heavy (non-hydrogen) atoms. The highest BCUT2D eigenvalue weighted by Gasteiger charge is 2.16. The lowest BCUT2D eigenvalue weighted by Crippen LogP contribution is -1.95. The smallest absolute Gasteiger partial charge is 0.231 e. The van der Waals surface area contributed by atoms with E-state index >= 15 is 0 Å². The number of pyridine rings is 1. The van der Waals surface area contributed by atoms with Gasteiger partial charge < -0.3 is 9.47 Å². The number of rotatable bonds is 3. The fourth-order valence-corrected chi connectivity index (χ4v) is 3.39. The van der Waals surface area contributed by atoms with Crippen LogP contribution in [0.3, 0.4) is 0 Å². The third-order valence-corrected chi connectivity index (χ3v) is 4.88. The number of benzene rings is 2. The number of ether oxygens (including phenoxy) is 2. The molecule has 2 aromatic carbocycles. The number of hydrogen-bond donors (Lipinski definition) is 0. The molecule has 0 bridgehead atoms. The molecule has 2 heterocycles. The summed E-state index contributed by atoms with van der Waals surface area (Å²) in [7, 11) is 0. The maximum absolute atomic E-state index is 5.47. The molecular formula is C18H14INO2. The topological polar surface area (TPSA) is 31.4 Å². The van der Waals surface area contributed by atoms with Crippen LogP contribution in [-0.2, 0) is 12.8 Å². The first kappa shape index (κ1) is 13.8. The van der Waals surface area contributed by atoms with Crippen LogP contribution in [0.2, 0.25) is 0 Å². The molecule has 0 saturated heterocycles. The summed E-state index contributed by atoms with van der Waals surface area (Å²) in [6.07, 6.45) is 3.91. The van der Waals surface area contributed by atoms with Gasteiger partial charge in [-0.1, -0.05) is 18.2 Å². The minimum absolute atomic E-state index is 0.323. The van der Waals surface area contributed by atoms with E-state index in [1.807, 2.05) is 18.3 Å². The number of halogens is 1. The third-order valence-electron chi connectivity index (χ3n) is 3.87. The summed E-state index contributed by atoms with van der Waals surface area (Å²) in [4.78, 5) is 4.53. The second kappa shape index (κ2) is 5.76. The van der Waals surface area contributed by atoms with Crippen molar-refractivity contribution >= 4 is 33.5 Å². The maximum Gasteiger partial charge on any atom is 0.231 e. The van der Waals surface area contributed by atoms with Crippen molar-refractivity contribution in [2.24, 2.45) is 0 Å². The van der Waals surface area contributed by atoms with Crippen LogP contribution in [0.15, 0.2) is 48.7 Å². The Balaban J connectivity index is 1.56. The Bertz CT molecular complexity index is 848. The highest BCUT2D eigenvalue weighted by atomic mass is 127. The first-order valence-corrected chi connectivity index (χ1v) is 8.29. The van der Waals surface area contributed by atoms with Gasteiger partial charge in [0.05, 0.1) is 5.52 Å². The molecule has 110 valence electrons. The first-order valence-electron chi connectivity index (χ1n) is 7.21. The fraction of sp³-hybridized carbons (Fsp3) is 0.167. The lowest BCUT2D eigenvalue weighted by atomic mass is 10.0. The lowest BCUT2D eigenvalue weighted by Gasteiger charge is -2.07. The van der Waals surface area contributed by atoms with Gasteiger partial charge >= 0.3 is 0 Å². The number of fused-ring (bicyclic) bond motifs is 2. The van der Waals surface area contributed by atoms with Crippen LogP contribution in [-0.4, -0.2) is 11.8 Å². The van der Waals surface area contributed by atoms with Crippen LogP contribution in [0.25, 0.3) is 10.9 Å². The Morgan fingerprint density at radius 2 is 1.82 bits per heavy atom. The van der Waals surface area contributed by atoms with Crippen LogP contribution in [0, 0.1) is 3.57 Å². The molecule has 0 unspecified atom stereocenters. The van der Waals surface area contributed by atoms with Crippen molar-refractivity contribution in [3.63, 3.8) is 0 Å². The SMILES string of the molecule is Ic1cc2c(cc1CCc1cnc3ccccc3c1)OCO2. The first-order chi connectivity index (χ1) is 10.8. The molecule has 4 heteroatoms. The number of aryl methyl sites for hydroxylation is 2. The van der Waals surface area contributed by atoms with Gasteiger partial charge in [-0.15, -0.1) is 0 Å². The molecule has 0 amide bonds. The number of hydrogen-bond acceptors (Lipinski definition) is 3. The van der Waals surface area contributed by atoms with E-state index in [0.29, 0.717) is 6.79 Å². The van der Waals surface area contributed by atoms with Gasteiger partial charge in [-0.25, -0.2) is 0 Å². The zero-order valence-electron chi connectivity index (χ0n) is 11.9. The largest absolute Gasteiger partial charge is 0.454 e. The van der Waals surface area contributed by atoms with Gasteiger partial charge in [0.25, 0.3) is 0 Å². The molecule has 0 spiro atoms. The second-order valence-electron chi connectivity index (χ2n) is 5.33. The summed E-state index contributed by atoms with van der Waals surface area (Å²) >= 11 is 2.36. The average Bonchev–Trinajstić information content (AvgIpc) is 2.99. The van der Waals surface area contributed by atoms with Crippen molar-refractivity contribution in [1.82, 2.24) is 4.98 Å². The predicted octanol–water partition coefficient (Wildman–Crippen LogP) is 4.35. The maximum atomic E-state index is 5.47. The van der Waals surface area contributed by atoms with Crippen molar-refractivity contribution in [2.45, 2.75) is 12.8 Å². The summed E-state index contributed by atoms with van der Waals surface area (Å²) in [6.45, 7) is 0.323. The van der Waals surface area contributed by atoms with Crippen molar-refractivity contribution in [3.8, 4) is 11.5 Å². The summed E-state index contributed by atoms with van der Waals surface area (Å²) < 4.78 is 12.1. The Kier molecular flexibility index (Phi) is 3.62. The molecule has 1 aromatic heterocycles. The molecule has 3 nitrogen and oxygen atoms in total. The van der Waals surface area contributed by atoms with E-state index in [-0.39, 0.29) is 0 Å². The zero-order chi connectivity index (χ0) is 14.9. The number of nitrogens with zero attached hydrogens (tertiary/aromatic N) is 1. The highest BCUT2D eigenvalue weighted by molar-refractivity contribution is 14.1. The van der Waals surface area contributed by atoms with E-state index in [4.69, 9.17) is 9.47 Å². The molecule has 0 radical (unpaired) electrons. The quantitative estimate of drug-likeness (QED) is 0.610. The second-order valence-corrected chi connectivity index (χ2v) is 6.50. The third kappa shape index (κ3) is 2.63. The summed E-state index contributed by atoms with van der Waals surface area (Å²) in [6, 6.07) is 14.6. The van der Waals surface area contributed by atoms with E-state index in [0.717, 1.165) is 29.9 Å². The summed E-state index contributed by atoms with van der Waals surface area (Å²) in [5, 5.41) is 1.19. The number of aromatic nitrogens is 1. The van der Waals surface area contributed by atoms with Crippen molar-refractivity contribution in [2.75, 3.05) is 6.79 Å². The lowest BCUT2D eigenvalue weighted by molar-refractivity contribution is 0.174. The fourth-order valence-electron chi connectivity index (χ4n) is 2.68. The van der Waals surface area contributed by atoms with Crippen LogP contribution >= 0.6 is 22.6 Å². The Labute approximate surface area is 142 Å². The minimum Gasteiger partial charge on any atom is -0.454 e. The normalized spacial score (nSPS) is 12.8. The summed E-state index contributed by atoms with van der Waals surface area (Å²) in [5.41, 5.74) is 3.59. The molecule has 1 aliphatic rings. The van der Waals surface area contributed by atoms with Crippen LogP contribution in [0.5, 0.6) is 11.5 Å². The summed E-state index contributed by atoms with van der Waals surface area (Å²) in [5.74, 6) is 1.70. The Morgan fingerprint density at radius 3 is 2.73 bits per heavy atom. The molecule has 3 aromatic rings. The monoisotopic (exact) mass is 403 g/mol. The average molecular weight is 403 g/mol. The molecule has 0 aliphatic carbocycles. The standard InChI is InChI=1S/C18H14INO2/c19-15-9-18-17(21-11-22-18)8-13(15)6-5-12-7-14-3-1-2-4-16(14)20-10-12/h1-4,7-10H,5-6,11H2. The molecule has 0 saturated carbocycles. The van der Waals surface area contributed by atoms with Gasteiger partial charge in [-0.3, -0.25) is 4.98 Å². The van der Waals surface area contributed by atoms with E-state index in [1.54, 1.807) is 0 Å². The van der Waals surface area contributed by atoms with Gasteiger partial charge in [-0.2, -0.15) is 0 Å². The molecule has 0 atom stereocenters. The molecule has 1 aliphatic heterocycles. The molecule has 0 N–H and O–H groups in total. The molecular weight excluding hydrogens is 389 g/mol. The Morgan fingerprint density at radius 1 is 1.00 bits per heavy atom. The van der Waals surface area contributed by atoms with Gasteiger partial charge in [0.15, 0.2) is 11.5 Å². The van der Waals surface area contributed by atoms with E-state index in [2.05, 4.69) is 57.9 Å². The van der Waals surface area contributed by atoms with Crippen molar-refractivity contribution < 1.29 is 9.47 Å². The Hall–Kier alpha value is -1.82. The van der Waals surface area contributed by atoms with E-state index in [9.17, 15) is 0 Å². The van der Waals surface area contributed by atoms with Gasteiger partial charge in [0, 0.05) is 15.2 Å². The van der Waals surface area contributed by atoms with Gasteiger partial charge in [-0.05, 0) is 70.8 Å². The molecule has 0 fully saturated rings. The molecule has 4 rings (SSSR count). The van der Waals surface area contributed by atoms with Crippen LogP contribution in [0.4, 0.5) is 0 Å². The zero-order valence-corrected chi connectivity index (χ0v) is 14.0. The minimum atomic E-state index is 0.323. The number of para-hydroxylation sites is 1. The predicted molar refractivity (Wildman–Crippen MR) is 94.4 cm³/mol. The van der Waals surface area contributed by atoms with E-state index < -0.39 is 0 Å². The van der Waals surface area contributed by atoms with Crippen LogP contribution in [0.1, 0.15) is 11.1 Å². The van der Waals surface area contributed by atoms with Crippen LogP contribution < -0.4 is 9.47 Å².